The first-order valence-electron chi connectivity index (χ1n) is 7.20. The molecule has 1 aromatic rings. The second-order valence-corrected chi connectivity index (χ2v) is 5.60. The molecule has 0 unspecified atom stereocenters. The summed E-state index contributed by atoms with van der Waals surface area (Å²) in [5.41, 5.74) is 0.317. The van der Waals surface area contributed by atoms with Crippen molar-refractivity contribution in [2.75, 3.05) is 7.05 Å². The SMILES string of the molecule is CN(C(=O)OCc1ccccc1)C1(CC(=O)O)CCCC1. The van der Waals surface area contributed by atoms with Gasteiger partial charge in [0, 0.05) is 7.05 Å². The average Bonchev–Trinajstić information content (AvgIpc) is 2.94. The molecule has 0 saturated heterocycles. The Labute approximate surface area is 124 Å². The lowest BCUT2D eigenvalue weighted by molar-refractivity contribution is -0.139. The van der Waals surface area contributed by atoms with Crippen molar-refractivity contribution in [3.8, 4) is 0 Å². The Hall–Kier alpha value is -2.04. The van der Waals surface area contributed by atoms with E-state index in [0.717, 1.165) is 31.2 Å². The van der Waals surface area contributed by atoms with E-state index in [4.69, 9.17) is 9.84 Å². The Bertz CT molecular complexity index is 494. The molecule has 0 spiro atoms. The van der Waals surface area contributed by atoms with Crippen LogP contribution >= 0.6 is 0 Å². The Kier molecular flexibility index (Phi) is 4.83. The van der Waals surface area contributed by atoms with Gasteiger partial charge in [0.2, 0.25) is 0 Å². The predicted octanol–water partition coefficient (Wildman–Crippen LogP) is 3.04. The van der Waals surface area contributed by atoms with E-state index < -0.39 is 17.6 Å². The van der Waals surface area contributed by atoms with E-state index in [1.54, 1.807) is 7.05 Å². The molecular formula is C16H21NO4. The van der Waals surface area contributed by atoms with Gasteiger partial charge in [0.15, 0.2) is 0 Å². The summed E-state index contributed by atoms with van der Waals surface area (Å²) in [4.78, 5) is 24.8. The van der Waals surface area contributed by atoms with Crippen molar-refractivity contribution in [3.05, 3.63) is 35.9 Å². The summed E-state index contributed by atoms with van der Waals surface area (Å²) in [6, 6.07) is 9.44. The quantitative estimate of drug-likeness (QED) is 0.905. The molecule has 1 aliphatic rings. The van der Waals surface area contributed by atoms with Crippen molar-refractivity contribution >= 4 is 12.1 Å². The van der Waals surface area contributed by atoms with Gasteiger partial charge in [-0.2, -0.15) is 0 Å². The molecule has 0 bridgehead atoms. The largest absolute Gasteiger partial charge is 0.481 e. The maximum atomic E-state index is 12.2. The predicted molar refractivity (Wildman–Crippen MR) is 77.8 cm³/mol. The first kappa shape index (κ1) is 15.4. The fourth-order valence-electron chi connectivity index (χ4n) is 2.96. The molecule has 0 radical (unpaired) electrons. The fourth-order valence-corrected chi connectivity index (χ4v) is 2.96. The van der Waals surface area contributed by atoms with E-state index in [2.05, 4.69) is 0 Å². The van der Waals surface area contributed by atoms with Crippen LogP contribution in [0.25, 0.3) is 0 Å². The van der Waals surface area contributed by atoms with Crippen LogP contribution in [-0.4, -0.2) is 34.7 Å². The maximum Gasteiger partial charge on any atom is 0.410 e. The van der Waals surface area contributed by atoms with E-state index in [0.29, 0.717) is 0 Å². The van der Waals surface area contributed by atoms with Gasteiger partial charge in [-0.3, -0.25) is 4.79 Å². The van der Waals surface area contributed by atoms with E-state index >= 15 is 0 Å². The highest BCUT2D eigenvalue weighted by molar-refractivity contribution is 5.72. The number of nitrogens with zero attached hydrogens (tertiary/aromatic N) is 1. The highest BCUT2D eigenvalue weighted by Crippen LogP contribution is 2.37. The summed E-state index contributed by atoms with van der Waals surface area (Å²) in [5, 5.41) is 9.10. The summed E-state index contributed by atoms with van der Waals surface area (Å²) < 4.78 is 5.30. The van der Waals surface area contributed by atoms with Crippen LogP contribution in [0.2, 0.25) is 0 Å². The Morgan fingerprint density at radius 3 is 2.43 bits per heavy atom. The van der Waals surface area contributed by atoms with Gasteiger partial charge < -0.3 is 14.7 Å². The molecule has 1 saturated carbocycles. The number of carboxylic acid groups (broad SMARTS) is 1. The first-order chi connectivity index (χ1) is 10.0. The molecule has 1 amide bonds. The zero-order chi connectivity index (χ0) is 15.3. The van der Waals surface area contributed by atoms with E-state index in [-0.39, 0.29) is 13.0 Å². The molecule has 0 aliphatic heterocycles. The first-order valence-corrected chi connectivity index (χ1v) is 7.20. The molecule has 2 rings (SSSR count). The van der Waals surface area contributed by atoms with Crippen molar-refractivity contribution in [3.63, 3.8) is 0 Å². The van der Waals surface area contributed by atoms with Crippen LogP contribution < -0.4 is 0 Å². The summed E-state index contributed by atoms with van der Waals surface area (Å²) in [6.45, 7) is 0.202. The van der Waals surface area contributed by atoms with Crippen LogP contribution in [0.15, 0.2) is 30.3 Å². The van der Waals surface area contributed by atoms with Gasteiger partial charge in [0.1, 0.15) is 6.61 Å². The average molecular weight is 291 g/mol. The van der Waals surface area contributed by atoms with Crippen LogP contribution in [-0.2, 0) is 16.1 Å². The molecule has 0 heterocycles. The number of carbonyl (C=O) groups is 2. The highest BCUT2D eigenvalue weighted by Gasteiger charge is 2.42. The van der Waals surface area contributed by atoms with Crippen LogP contribution in [0.3, 0.4) is 0 Å². The number of rotatable bonds is 5. The van der Waals surface area contributed by atoms with Crippen molar-refractivity contribution in [2.45, 2.75) is 44.2 Å². The monoisotopic (exact) mass is 291 g/mol. The van der Waals surface area contributed by atoms with Gasteiger partial charge in [0.05, 0.1) is 12.0 Å². The number of ether oxygens (including phenoxy) is 1. The molecule has 1 N–H and O–H groups in total. The zero-order valence-corrected chi connectivity index (χ0v) is 12.2. The lowest BCUT2D eigenvalue weighted by Crippen LogP contribution is -2.49. The van der Waals surface area contributed by atoms with Gasteiger partial charge in [-0.05, 0) is 18.4 Å². The standard InChI is InChI=1S/C16H21NO4/c1-17(16(11-14(18)19)9-5-6-10-16)15(20)21-12-13-7-3-2-4-8-13/h2-4,7-8H,5-6,9-12H2,1H3,(H,18,19). The normalized spacial score (nSPS) is 16.4. The summed E-state index contributed by atoms with van der Waals surface area (Å²) in [6.07, 6.45) is 2.85. The molecular weight excluding hydrogens is 270 g/mol. The van der Waals surface area contributed by atoms with Crippen molar-refractivity contribution < 1.29 is 19.4 Å². The second kappa shape index (κ2) is 6.61. The number of carbonyl (C=O) groups excluding carboxylic acids is 1. The maximum absolute atomic E-state index is 12.2. The Balaban J connectivity index is 1.98. The molecule has 1 aliphatic carbocycles. The number of amides is 1. The van der Waals surface area contributed by atoms with Crippen molar-refractivity contribution in [1.82, 2.24) is 4.90 Å². The second-order valence-electron chi connectivity index (χ2n) is 5.60. The fraction of sp³-hybridized carbons (Fsp3) is 0.500. The molecule has 21 heavy (non-hydrogen) atoms. The molecule has 1 fully saturated rings. The summed E-state index contributed by atoms with van der Waals surface area (Å²) >= 11 is 0. The molecule has 5 nitrogen and oxygen atoms in total. The third-order valence-electron chi connectivity index (χ3n) is 4.21. The number of aliphatic carboxylic acids is 1. The van der Waals surface area contributed by atoms with Crippen LogP contribution in [0.1, 0.15) is 37.7 Å². The molecule has 1 aromatic carbocycles. The van der Waals surface area contributed by atoms with Gasteiger partial charge in [-0.1, -0.05) is 43.2 Å². The third kappa shape index (κ3) is 3.74. The van der Waals surface area contributed by atoms with Gasteiger partial charge >= 0.3 is 12.1 Å². The topological polar surface area (TPSA) is 66.8 Å². The lowest BCUT2D eigenvalue weighted by atomic mass is 9.92. The number of benzene rings is 1. The molecule has 0 aromatic heterocycles. The molecule has 5 heteroatoms. The van der Waals surface area contributed by atoms with Crippen LogP contribution in [0, 0.1) is 0 Å². The smallest absolute Gasteiger partial charge is 0.410 e. The van der Waals surface area contributed by atoms with Crippen molar-refractivity contribution in [1.29, 1.82) is 0 Å². The van der Waals surface area contributed by atoms with E-state index in [9.17, 15) is 9.59 Å². The van der Waals surface area contributed by atoms with Gasteiger partial charge in [-0.25, -0.2) is 4.79 Å². The zero-order valence-electron chi connectivity index (χ0n) is 12.2. The number of hydrogen-bond donors (Lipinski definition) is 1. The van der Waals surface area contributed by atoms with Gasteiger partial charge in [-0.15, -0.1) is 0 Å². The van der Waals surface area contributed by atoms with Crippen molar-refractivity contribution in [2.24, 2.45) is 0 Å². The van der Waals surface area contributed by atoms with Gasteiger partial charge in [0.25, 0.3) is 0 Å². The minimum atomic E-state index is -0.875. The molecule has 0 atom stereocenters. The minimum absolute atomic E-state index is 0.0239. The summed E-state index contributed by atoms with van der Waals surface area (Å²) in [5.74, 6) is -0.875. The third-order valence-corrected chi connectivity index (χ3v) is 4.21. The number of carboxylic acids is 1. The highest BCUT2D eigenvalue weighted by atomic mass is 16.6. The molecule has 114 valence electrons. The van der Waals surface area contributed by atoms with E-state index in [1.807, 2.05) is 30.3 Å². The summed E-state index contributed by atoms with van der Waals surface area (Å²) in [7, 11) is 1.64. The van der Waals surface area contributed by atoms with Crippen LogP contribution in [0.4, 0.5) is 4.79 Å². The Morgan fingerprint density at radius 2 is 1.86 bits per heavy atom. The van der Waals surface area contributed by atoms with Crippen LogP contribution in [0.5, 0.6) is 0 Å². The van der Waals surface area contributed by atoms with E-state index in [1.165, 1.54) is 4.90 Å². The number of hydrogen-bond acceptors (Lipinski definition) is 3. The lowest BCUT2D eigenvalue weighted by Gasteiger charge is -2.36. The minimum Gasteiger partial charge on any atom is -0.481 e. The Morgan fingerprint density at radius 1 is 1.24 bits per heavy atom.